The molecule has 2 aliphatic carbocycles. The van der Waals surface area contributed by atoms with Gasteiger partial charge in [-0.25, -0.2) is 4.79 Å². The number of carbonyl (C=O) groups excluding carboxylic acids is 1. The summed E-state index contributed by atoms with van der Waals surface area (Å²) in [6.07, 6.45) is 0.253. The van der Waals surface area contributed by atoms with Crippen molar-refractivity contribution in [1.29, 1.82) is 0 Å². The number of urea groups is 1. The van der Waals surface area contributed by atoms with E-state index in [0.29, 0.717) is 12.1 Å². The molecule has 0 radical (unpaired) electrons. The normalized spacial score (nSPS) is 19.6. The van der Waals surface area contributed by atoms with Crippen LogP contribution in [-0.4, -0.2) is 22.7 Å². The molecule has 4 nitrogen and oxygen atoms in total. The SMILES string of the molecule is O=C(Nc1cnc2c(c1)CCC2)NC1(C(F)(F)F)CCC1. The van der Waals surface area contributed by atoms with E-state index in [1.165, 1.54) is 6.20 Å². The topological polar surface area (TPSA) is 54.0 Å². The fraction of sp³-hybridized carbons (Fsp3) is 0.571. The number of nitrogens with one attached hydrogen (secondary N) is 2. The minimum atomic E-state index is -4.42. The van der Waals surface area contributed by atoms with Gasteiger partial charge in [0, 0.05) is 5.69 Å². The van der Waals surface area contributed by atoms with E-state index in [9.17, 15) is 18.0 Å². The third-order valence-electron chi connectivity index (χ3n) is 4.28. The molecule has 2 N–H and O–H groups in total. The lowest BCUT2D eigenvalue weighted by molar-refractivity contribution is -0.214. The molecule has 1 saturated carbocycles. The molecule has 0 aliphatic heterocycles. The Bertz CT molecular complexity index is 567. The van der Waals surface area contributed by atoms with Crippen molar-refractivity contribution in [3.05, 3.63) is 23.5 Å². The highest BCUT2D eigenvalue weighted by Crippen LogP contribution is 2.45. The maximum atomic E-state index is 13.0. The van der Waals surface area contributed by atoms with Crippen molar-refractivity contribution in [2.75, 3.05) is 5.32 Å². The van der Waals surface area contributed by atoms with E-state index in [1.807, 2.05) is 0 Å². The average Bonchev–Trinajstić information content (AvgIpc) is 2.79. The van der Waals surface area contributed by atoms with E-state index in [-0.39, 0.29) is 12.8 Å². The second-order valence-electron chi connectivity index (χ2n) is 5.70. The molecule has 21 heavy (non-hydrogen) atoms. The fourth-order valence-electron chi connectivity index (χ4n) is 2.88. The van der Waals surface area contributed by atoms with Crippen LogP contribution < -0.4 is 10.6 Å². The molecule has 7 heteroatoms. The highest BCUT2D eigenvalue weighted by atomic mass is 19.4. The monoisotopic (exact) mass is 299 g/mol. The van der Waals surface area contributed by atoms with Crippen molar-refractivity contribution in [3.8, 4) is 0 Å². The van der Waals surface area contributed by atoms with Gasteiger partial charge in [-0.2, -0.15) is 13.2 Å². The van der Waals surface area contributed by atoms with Gasteiger partial charge >= 0.3 is 12.2 Å². The minimum Gasteiger partial charge on any atom is -0.323 e. The minimum absolute atomic E-state index is 0.0631. The Kier molecular flexibility index (Phi) is 3.30. The van der Waals surface area contributed by atoms with Gasteiger partial charge in [-0.3, -0.25) is 4.98 Å². The Morgan fingerprint density at radius 2 is 2.00 bits per heavy atom. The van der Waals surface area contributed by atoms with E-state index in [1.54, 1.807) is 6.07 Å². The number of hydrogen-bond acceptors (Lipinski definition) is 2. The Hall–Kier alpha value is -1.79. The van der Waals surface area contributed by atoms with Gasteiger partial charge < -0.3 is 10.6 Å². The van der Waals surface area contributed by atoms with E-state index < -0.39 is 17.7 Å². The first-order chi connectivity index (χ1) is 9.90. The lowest BCUT2D eigenvalue weighted by Crippen LogP contribution is -2.63. The molecule has 114 valence electrons. The van der Waals surface area contributed by atoms with Gasteiger partial charge in [0.2, 0.25) is 0 Å². The molecule has 1 heterocycles. The number of pyridine rings is 1. The van der Waals surface area contributed by atoms with E-state index in [2.05, 4.69) is 15.6 Å². The molecule has 0 saturated heterocycles. The number of aryl methyl sites for hydroxylation is 2. The number of anilines is 1. The van der Waals surface area contributed by atoms with Crippen molar-refractivity contribution in [2.45, 2.75) is 50.2 Å². The molecule has 3 rings (SSSR count). The van der Waals surface area contributed by atoms with Gasteiger partial charge in [0.05, 0.1) is 11.9 Å². The first kappa shape index (κ1) is 14.2. The second kappa shape index (κ2) is 4.89. The lowest BCUT2D eigenvalue weighted by atomic mass is 9.76. The largest absolute Gasteiger partial charge is 0.411 e. The highest BCUT2D eigenvalue weighted by molar-refractivity contribution is 5.89. The van der Waals surface area contributed by atoms with Gasteiger partial charge in [0.1, 0.15) is 5.54 Å². The Morgan fingerprint density at radius 3 is 2.62 bits per heavy atom. The number of amides is 2. The number of rotatable bonds is 2. The summed E-state index contributed by atoms with van der Waals surface area (Å²) in [6, 6.07) is 0.961. The van der Waals surface area contributed by atoms with Gasteiger partial charge in [-0.15, -0.1) is 0 Å². The zero-order valence-corrected chi connectivity index (χ0v) is 11.4. The van der Waals surface area contributed by atoms with Crippen LogP contribution in [0.1, 0.15) is 36.9 Å². The van der Waals surface area contributed by atoms with Crippen LogP contribution in [0.3, 0.4) is 0 Å². The van der Waals surface area contributed by atoms with Crippen LogP contribution in [-0.2, 0) is 12.8 Å². The van der Waals surface area contributed by atoms with Crippen molar-refractivity contribution >= 4 is 11.7 Å². The van der Waals surface area contributed by atoms with Crippen molar-refractivity contribution in [2.24, 2.45) is 0 Å². The van der Waals surface area contributed by atoms with Crippen LogP contribution in [0.4, 0.5) is 23.7 Å². The zero-order chi connectivity index (χ0) is 15.1. The summed E-state index contributed by atoms with van der Waals surface area (Å²) < 4.78 is 38.9. The summed E-state index contributed by atoms with van der Waals surface area (Å²) >= 11 is 0. The summed E-state index contributed by atoms with van der Waals surface area (Å²) in [7, 11) is 0. The molecule has 0 unspecified atom stereocenters. The molecule has 1 aromatic heterocycles. The summed E-state index contributed by atoms with van der Waals surface area (Å²) in [6.45, 7) is 0. The van der Waals surface area contributed by atoms with Crippen molar-refractivity contribution in [1.82, 2.24) is 10.3 Å². The lowest BCUT2D eigenvalue weighted by Gasteiger charge is -2.43. The third kappa shape index (κ3) is 2.56. The molecular formula is C14H16F3N3O. The number of halogens is 3. The van der Waals surface area contributed by atoms with Crippen molar-refractivity contribution < 1.29 is 18.0 Å². The van der Waals surface area contributed by atoms with Crippen molar-refractivity contribution in [3.63, 3.8) is 0 Å². The van der Waals surface area contributed by atoms with Crippen LogP contribution in [0.5, 0.6) is 0 Å². The summed E-state index contributed by atoms with van der Waals surface area (Å²) in [4.78, 5) is 16.0. The van der Waals surface area contributed by atoms with Crippen LogP contribution in [0.25, 0.3) is 0 Å². The predicted octanol–water partition coefficient (Wildman–Crippen LogP) is 3.18. The Balaban J connectivity index is 1.67. The highest BCUT2D eigenvalue weighted by Gasteiger charge is 2.59. The molecule has 1 fully saturated rings. The number of nitrogens with zero attached hydrogens (tertiary/aromatic N) is 1. The number of hydrogen-bond donors (Lipinski definition) is 2. The van der Waals surface area contributed by atoms with Gasteiger partial charge in [-0.1, -0.05) is 0 Å². The third-order valence-corrected chi connectivity index (χ3v) is 4.28. The standard InChI is InChI=1S/C14H16F3N3O/c15-14(16,17)13(5-2-6-13)20-12(21)19-10-7-9-3-1-4-11(9)18-8-10/h7-8H,1-6H2,(H2,19,20,21). The van der Waals surface area contributed by atoms with Crippen LogP contribution in [0, 0.1) is 0 Å². The van der Waals surface area contributed by atoms with Crippen LogP contribution in [0.15, 0.2) is 12.3 Å². The van der Waals surface area contributed by atoms with Crippen LogP contribution in [0.2, 0.25) is 0 Å². The summed E-state index contributed by atoms with van der Waals surface area (Å²) in [5.74, 6) is 0. The fourth-order valence-corrected chi connectivity index (χ4v) is 2.88. The Morgan fingerprint density at radius 1 is 1.24 bits per heavy atom. The summed E-state index contributed by atoms with van der Waals surface area (Å²) in [5.41, 5.74) is 0.430. The van der Waals surface area contributed by atoms with E-state index in [0.717, 1.165) is 30.5 Å². The number of carbonyl (C=O) groups is 1. The van der Waals surface area contributed by atoms with E-state index >= 15 is 0 Å². The summed E-state index contributed by atoms with van der Waals surface area (Å²) in [5, 5.41) is 4.54. The zero-order valence-electron chi connectivity index (χ0n) is 11.4. The first-order valence-electron chi connectivity index (χ1n) is 7.03. The smallest absolute Gasteiger partial charge is 0.323 e. The Labute approximate surface area is 120 Å². The molecule has 2 amide bonds. The second-order valence-corrected chi connectivity index (χ2v) is 5.70. The molecule has 1 aromatic rings. The molecule has 2 aliphatic rings. The molecule has 0 spiro atoms. The average molecular weight is 299 g/mol. The first-order valence-corrected chi connectivity index (χ1v) is 7.03. The number of fused-ring (bicyclic) bond motifs is 1. The maximum Gasteiger partial charge on any atom is 0.411 e. The molecular weight excluding hydrogens is 283 g/mol. The molecule has 0 atom stereocenters. The number of aromatic nitrogens is 1. The predicted molar refractivity (Wildman–Crippen MR) is 71.1 cm³/mol. The quantitative estimate of drug-likeness (QED) is 0.881. The maximum absolute atomic E-state index is 13.0. The molecule has 0 bridgehead atoms. The van der Waals surface area contributed by atoms with Gasteiger partial charge in [-0.05, 0) is 50.2 Å². The number of alkyl halides is 3. The van der Waals surface area contributed by atoms with Crippen LogP contribution >= 0.6 is 0 Å². The van der Waals surface area contributed by atoms with E-state index in [4.69, 9.17) is 0 Å². The molecule has 0 aromatic carbocycles. The van der Waals surface area contributed by atoms with Gasteiger partial charge in [0.15, 0.2) is 0 Å². The van der Waals surface area contributed by atoms with Gasteiger partial charge in [0.25, 0.3) is 0 Å².